The summed E-state index contributed by atoms with van der Waals surface area (Å²) in [5.41, 5.74) is 11.7. The number of nitrogens with one attached hydrogen (secondary N) is 4. The lowest BCUT2D eigenvalue weighted by atomic mass is 9.64. The number of halogens is 4. The molecule has 680 valence electrons. The lowest BCUT2D eigenvalue weighted by Crippen LogP contribution is -2.43. The predicted molar refractivity (Wildman–Crippen MR) is 510 cm³/mol. The largest absolute Gasteiger partial charge is 0.481 e. The maximum atomic E-state index is 14.2. The van der Waals surface area contributed by atoms with Crippen LogP contribution in [-0.4, -0.2) is 139 Å². The Labute approximate surface area is 764 Å². The molecule has 1 aromatic heterocycles. The number of hydrogen-bond donors (Lipinski definition) is 8. The van der Waals surface area contributed by atoms with Gasteiger partial charge in [-0.1, -0.05) is 159 Å². The number of ether oxygens (including phenoxy) is 3. The van der Waals surface area contributed by atoms with Crippen molar-refractivity contribution in [2.75, 3.05) is 107 Å². The molecule has 0 amide bonds. The third kappa shape index (κ3) is 24.8. The van der Waals surface area contributed by atoms with Crippen molar-refractivity contribution >= 4 is 127 Å². The zero-order chi connectivity index (χ0) is 90.5. The van der Waals surface area contributed by atoms with Crippen LogP contribution in [0.4, 0.5) is 72.8 Å². The molecule has 4 heterocycles. The molecule has 0 radical (unpaired) electrons. The van der Waals surface area contributed by atoms with E-state index in [1.165, 1.54) is 44.2 Å². The lowest BCUT2D eigenvalue weighted by Gasteiger charge is -2.41. The third-order valence-corrected chi connectivity index (χ3v) is 26.7. The van der Waals surface area contributed by atoms with Crippen LogP contribution in [0.2, 0.25) is 15.1 Å². The Balaban J connectivity index is 0.000000154. The Bertz CT molecular complexity index is 5030. The van der Waals surface area contributed by atoms with E-state index in [-0.39, 0.29) is 11.4 Å². The topological polar surface area (TPSA) is 275 Å². The van der Waals surface area contributed by atoms with Gasteiger partial charge in [0, 0.05) is 118 Å². The van der Waals surface area contributed by atoms with Gasteiger partial charge in [0.15, 0.2) is 0 Å². The summed E-state index contributed by atoms with van der Waals surface area (Å²) in [6.45, 7) is 26.0. The second kappa shape index (κ2) is 44.9. The second-order valence-electron chi connectivity index (χ2n) is 37.0. The molecule has 7 aliphatic rings. The van der Waals surface area contributed by atoms with Crippen molar-refractivity contribution in [2.45, 2.75) is 231 Å². The minimum Gasteiger partial charge on any atom is -0.481 e. The van der Waals surface area contributed by atoms with Gasteiger partial charge in [0.1, 0.15) is 11.6 Å². The summed E-state index contributed by atoms with van der Waals surface area (Å²) >= 11 is 18.1. The van der Waals surface area contributed by atoms with Crippen molar-refractivity contribution in [3.05, 3.63) is 207 Å². The first-order valence-electron chi connectivity index (χ1n) is 45.7. The summed E-state index contributed by atoms with van der Waals surface area (Å²) in [6.07, 6.45) is 20.4. The van der Waals surface area contributed by atoms with Gasteiger partial charge < -0.3 is 75.5 Å². The monoisotopic (exact) mass is 1790 g/mol. The number of benzene rings is 7. The number of aromatic nitrogens is 1. The minimum absolute atomic E-state index is 0.00403. The van der Waals surface area contributed by atoms with Crippen molar-refractivity contribution in [2.24, 2.45) is 23.7 Å². The summed E-state index contributed by atoms with van der Waals surface area (Å²) in [5, 5.41) is 63.4. The Hall–Kier alpha value is -9.86. The Morgan fingerprint density at radius 3 is 1.17 bits per heavy atom. The average Bonchev–Trinajstić information content (AvgIpc) is 0.743. The number of carboxylic acid groups (broad SMARTS) is 4. The van der Waals surface area contributed by atoms with Crippen molar-refractivity contribution in [3.63, 3.8) is 0 Å². The van der Waals surface area contributed by atoms with Gasteiger partial charge in [0.25, 0.3) is 0 Å². The number of pyridine rings is 1. The number of hydrogen-bond acceptors (Lipinski definition) is 17. The summed E-state index contributed by atoms with van der Waals surface area (Å²) in [7, 11) is 0. The highest BCUT2D eigenvalue weighted by Gasteiger charge is 2.49. The van der Waals surface area contributed by atoms with Crippen molar-refractivity contribution in [3.8, 4) is 6.07 Å². The van der Waals surface area contributed by atoms with Crippen LogP contribution in [0, 0.1) is 40.8 Å². The number of aliphatic carboxylic acids is 4. The molecule has 0 atom stereocenters. The van der Waals surface area contributed by atoms with Gasteiger partial charge in [-0.05, 0) is 257 Å². The highest BCUT2D eigenvalue weighted by molar-refractivity contribution is 6.31. The Morgan fingerprint density at radius 1 is 0.433 bits per heavy atom. The highest BCUT2D eigenvalue weighted by atomic mass is 35.5. The summed E-state index contributed by atoms with van der Waals surface area (Å²) < 4.78 is 31.0. The second-order valence-corrected chi connectivity index (χ2v) is 38.3. The van der Waals surface area contributed by atoms with Gasteiger partial charge in [-0.3, -0.25) is 19.2 Å². The molecule has 21 nitrogen and oxygen atoms in total. The lowest BCUT2D eigenvalue weighted by molar-refractivity contribution is -0.148. The van der Waals surface area contributed by atoms with Gasteiger partial charge >= 0.3 is 23.9 Å². The fourth-order valence-electron chi connectivity index (χ4n) is 18.8. The molecular weight excluding hydrogens is 1670 g/mol. The first-order valence-corrected chi connectivity index (χ1v) is 46.9. The molecule has 0 unspecified atom stereocenters. The molecule has 7 aromatic carbocycles. The average molecular weight is 1800 g/mol. The van der Waals surface area contributed by atoms with Crippen LogP contribution >= 0.6 is 34.8 Å². The Kier molecular flexibility index (Phi) is 34.0. The summed E-state index contributed by atoms with van der Waals surface area (Å²) in [6, 6.07) is 51.3. The molecule has 0 bridgehead atoms. The molecule has 0 spiro atoms. The van der Waals surface area contributed by atoms with E-state index in [2.05, 4.69) is 132 Å². The standard InChI is InChI=1S/C26H32ClFN2O3.C26H33ClN2O3.C25H32ClN3O3.C25H31N3O2/c1-17(2)16-30(20-8-12-33-13-9-20)24-7-4-18(26(25(31)32)10-3-11-26)14-23(24)29-19-5-6-21(27)22(28)15-19;1-18(2)17-29(22-9-13-32-14-10-22)24-8-7-19(26(25(30)31)11-4-12-26)15-23(24)28-21-6-3-5-20(27)16-21;1-17(2)16-29(20-8-12-32-13-9-20)22-6-4-18(25(24(30)31)10-3-11-25)14-21(22)28-23-7-5-19(26)15-27-23;1-18(2)17-28(22-6-4-3-5-7-22)24-13-10-20(15-25(29)30)14-23(24)27-21-11-8-19(16-26)9-12-21/h4-7,14-15,17,20,29H,3,8-13,16H2,1-2H3,(H,31,32);3,5-8,15-16,18,22,28H,4,9-14,17H2,1-2H3,(H,30,31);4-7,14-15,17,20H,3,8-13,16H2,1-2H3,(H,27,28)(H,30,31);8-14,18,22,27H,3-7,15,17H2,1-2H3,(H,29,30). The predicted octanol–water partition coefficient (Wildman–Crippen LogP) is 24.0. The molecule has 25 heteroatoms. The molecule has 127 heavy (non-hydrogen) atoms. The van der Waals surface area contributed by atoms with Gasteiger partial charge in [-0.2, -0.15) is 5.26 Å². The van der Waals surface area contributed by atoms with Crippen molar-refractivity contribution < 1.29 is 58.2 Å². The van der Waals surface area contributed by atoms with E-state index in [9.17, 15) is 44.0 Å². The van der Waals surface area contributed by atoms with Crippen LogP contribution in [0.3, 0.4) is 0 Å². The van der Waals surface area contributed by atoms with E-state index in [1.807, 2.05) is 91.0 Å². The van der Waals surface area contributed by atoms with Crippen LogP contribution in [0.1, 0.15) is 212 Å². The number of nitriles is 1. The highest BCUT2D eigenvalue weighted by Crippen LogP contribution is 2.51. The molecule has 3 aliphatic heterocycles. The fraction of sp³-hybridized carbons (Fsp3) is 0.490. The van der Waals surface area contributed by atoms with E-state index < -0.39 is 45.9 Å². The number of anilines is 12. The zero-order valence-electron chi connectivity index (χ0n) is 74.9. The number of nitrogens with zero attached hydrogens (tertiary/aromatic N) is 6. The SMILES string of the molecule is CC(C)CN(c1ccc(C2(C(=O)O)CCC2)cc1Nc1ccc(Cl)c(F)c1)C1CCOCC1.CC(C)CN(c1ccc(C2(C(=O)O)CCC2)cc1Nc1ccc(Cl)cn1)C1CCOCC1.CC(C)CN(c1ccc(C2(C(=O)O)CCC2)cc1Nc1cccc(Cl)c1)C1CCOCC1.CC(C)CN(c1ccc(CC(=O)O)cc1Nc1ccc(C#N)cc1)C1CCCCC1. The van der Waals surface area contributed by atoms with E-state index in [0.717, 1.165) is 203 Å². The molecule has 15 rings (SSSR count). The van der Waals surface area contributed by atoms with Gasteiger partial charge in [-0.15, -0.1) is 0 Å². The number of carboxylic acids is 4. The van der Waals surface area contributed by atoms with Crippen molar-refractivity contribution in [1.82, 2.24) is 4.98 Å². The van der Waals surface area contributed by atoms with Crippen LogP contribution < -0.4 is 40.9 Å². The maximum Gasteiger partial charge on any atom is 0.314 e. The molecule has 3 saturated heterocycles. The summed E-state index contributed by atoms with van der Waals surface area (Å²) in [4.78, 5) is 62.0. The Morgan fingerprint density at radius 2 is 0.811 bits per heavy atom. The van der Waals surface area contributed by atoms with E-state index in [1.54, 1.807) is 30.5 Å². The van der Waals surface area contributed by atoms with E-state index in [0.29, 0.717) is 113 Å². The quantitative estimate of drug-likeness (QED) is 0.0195. The third-order valence-electron chi connectivity index (χ3n) is 25.9. The van der Waals surface area contributed by atoms with Gasteiger partial charge in [0.05, 0.1) is 89.8 Å². The smallest absolute Gasteiger partial charge is 0.314 e. The first-order chi connectivity index (χ1) is 61.0. The molecule has 4 aliphatic carbocycles. The minimum atomic E-state index is -0.845. The molecule has 8 N–H and O–H groups in total. The molecule has 4 saturated carbocycles. The number of carbonyl (C=O) groups is 4. The van der Waals surface area contributed by atoms with Gasteiger partial charge in [-0.25, -0.2) is 9.37 Å². The first kappa shape index (κ1) is 96.2. The molecule has 7 fully saturated rings. The van der Waals surface area contributed by atoms with Crippen LogP contribution in [0.15, 0.2) is 158 Å². The van der Waals surface area contributed by atoms with Gasteiger partial charge in [0.2, 0.25) is 0 Å². The van der Waals surface area contributed by atoms with Crippen LogP contribution in [0.5, 0.6) is 0 Å². The zero-order valence-corrected chi connectivity index (χ0v) is 77.2. The molecular formula is C102H128Cl3FN10O11. The fourth-order valence-corrected chi connectivity index (χ4v) is 19.2. The van der Waals surface area contributed by atoms with E-state index >= 15 is 0 Å². The molecule has 8 aromatic rings. The number of rotatable bonds is 32. The van der Waals surface area contributed by atoms with E-state index in [4.69, 9.17) is 54.3 Å². The van der Waals surface area contributed by atoms with Crippen LogP contribution in [-0.2, 0) is 56.1 Å². The maximum absolute atomic E-state index is 14.2. The summed E-state index contributed by atoms with van der Waals surface area (Å²) in [5.74, 6) is -0.967. The van der Waals surface area contributed by atoms with Crippen LogP contribution in [0.25, 0.3) is 0 Å². The van der Waals surface area contributed by atoms with Crippen molar-refractivity contribution in [1.29, 1.82) is 5.26 Å². The normalized spacial score (nSPS) is 17.3.